The van der Waals surface area contributed by atoms with Gasteiger partial charge in [0.25, 0.3) is 0 Å². The maximum absolute atomic E-state index is 12.2. The largest absolute Gasteiger partial charge is 0.496 e. The number of aromatic amines is 1. The third-order valence-corrected chi connectivity index (χ3v) is 4.90. The molecule has 6 nitrogen and oxygen atoms in total. The molecule has 0 saturated carbocycles. The molecular weight excluding hydrogens is 360 g/mol. The number of nitrogens with zero attached hydrogens (tertiary/aromatic N) is 2. The van der Waals surface area contributed by atoms with Crippen LogP contribution in [-0.2, 0) is 12.3 Å². The second-order valence-electron chi connectivity index (χ2n) is 5.57. The number of carbonyl (C=O) groups is 1. The fourth-order valence-electron chi connectivity index (χ4n) is 2.26. The lowest BCUT2D eigenvalue weighted by Gasteiger charge is -2.19. The Labute approximate surface area is 157 Å². The molecule has 0 unspecified atom stereocenters. The number of benzene rings is 1. The molecule has 0 aliphatic heterocycles. The summed E-state index contributed by atoms with van der Waals surface area (Å²) in [6.45, 7) is 3.03. The van der Waals surface area contributed by atoms with Crippen LogP contribution in [0.4, 0.5) is 4.79 Å². The van der Waals surface area contributed by atoms with Gasteiger partial charge in [-0.15, -0.1) is 0 Å². The Balaban J connectivity index is 1.73. The van der Waals surface area contributed by atoms with Gasteiger partial charge in [0.2, 0.25) is 0 Å². The van der Waals surface area contributed by atoms with Gasteiger partial charge in [0.15, 0.2) is 0 Å². The number of imidazole rings is 1. The molecule has 1 aromatic heterocycles. The van der Waals surface area contributed by atoms with Crippen LogP contribution in [0.5, 0.6) is 5.75 Å². The Morgan fingerprint density at radius 1 is 1.48 bits per heavy atom. The third-order valence-electron chi connectivity index (χ3n) is 3.69. The Morgan fingerprint density at radius 2 is 2.28 bits per heavy atom. The van der Waals surface area contributed by atoms with Crippen molar-refractivity contribution < 1.29 is 9.53 Å². The molecule has 2 aromatic rings. The van der Waals surface area contributed by atoms with Crippen LogP contribution in [0.25, 0.3) is 0 Å². The predicted molar refractivity (Wildman–Crippen MR) is 102 cm³/mol. The normalized spacial score (nSPS) is 10.6. The summed E-state index contributed by atoms with van der Waals surface area (Å²) in [5, 5.41) is 3.53. The molecule has 0 aliphatic rings. The lowest BCUT2D eigenvalue weighted by molar-refractivity contribution is 0.207. The van der Waals surface area contributed by atoms with Crippen LogP contribution in [0.15, 0.2) is 24.5 Å². The average molecular weight is 383 g/mol. The molecule has 2 rings (SSSR count). The van der Waals surface area contributed by atoms with Gasteiger partial charge < -0.3 is 19.9 Å². The van der Waals surface area contributed by atoms with Crippen molar-refractivity contribution in [3.8, 4) is 5.75 Å². The van der Waals surface area contributed by atoms with Crippen molar-refractivity contribution in [2.24, 2.45) is 0 Å². The zero-order valence-corrected chi connectivity index (χ0v) is 16.2. The molecule has 1 aromatic carbocycles. The van der Waals surface area contributed by atoms with E-state index < -0.39 is 0 Å². The molecule has 0 fully saturated rings. The number of amides is 2. The predicted octanol–water partition coefficient (Wildman–Crippen LogP) is 3.45. The summed E-state index contributed by atoms with van der Waals surface area (Å²) in [4.78, 5) is 21.1. The van der Waals surface area contributed by atoms with Gasteiger partial charge in [0, 0.05) is 41.4 Å². The van der Waals surface area contributed by atoms with Crippen LogP contribution >= 0.6 is 23.4 Å². The van der Waals surface area contributed by atoms with E-state index in [1.54, 1.807) is 49.3 Å². The number of hydrogen-bond acceptors (Lipinski definition) is 4. The Hall–Kier alpha value is -1.86. The number of carbonyl (C=O) groups excluding carboxylic acids is 1. The zero-order valence-electron chi connectivity index (χ0n) is 14.6. The third kappa shape index (κ3) is 5.86. The van der Waals surface area contributed by atoms with E-state index >= 15 is 0 Å². The first-order chi connectivity index (χ1) is 12.0. The van der Waals surface area contributed by atoms with Crippen molar-refractivity contribution in [2.75, 3.05) is 26.5 Å². The van der Waals surface area contributed by atoms with Gasteiger partial charge in [-0.2, -0.15) is 11.8 Å². The van der Waals surface area contributed by atoms with Gasteiger partial charge in [0.1, 0.15) is 5.75 Å². The molecular formula is C17H23ClN4O2S. The van der Waals surface area contributed by atoms with Crippen molar-refractivity contribution in [3.63, 3.8) is 0 Å². The van der Waals surface area contributed by atoms with Crippen LogP contribution in [0.2, 0.25) is 5.02 Å². The number of methoxy groups -OCH3 is 1. The summed E-state index contributed by atoms with van der Waals surface area (Å²) in [5.41, 5.74) is 3.02. The van der Waals surface area contributed by atoms with Gasteiger partial charge in [-0.05, 0) is 25.1 Å². The van der Waals surface area contributed by atoms with Crippen LogP contribution in [0.3, 0.4) is 0 Å². The quantitative estimate of drug-likeness (QED) is 0.686. The first-order valence-electron chi connectivity index (χ1n) is 7.89. The lowest BCUT2D eigenvalue weighted by atomic mass is 10.2. The van der Waals surface area contributed by atoms with E-state index in [1.807, 2.05) is 13.0 Å². The van der Waals surface area contributed by atoms with E-state index in [-0.39, 0.29) is 6.03 Å². The van der Waals surface area contributed by atoms with E-state index in [4.69, 9.17) is 16.3 Å². The molecule has 0 bridgehead atoms. The minimum Gasteiger partial charge on any atom is -0.496 e. The smallest absolute Gasteiger partial charge is 0.317 e. The SMILES string of the molecule is COc1ccc(Cl)cc1CN(C)C(=O)NCCSCc1nc[nH]c1C. The minimum atomic E-state index is -0.126. The molecule has 8 heteroatoms. The number of halogens is 1. The van der Waals surface area contributed by atoms with Gasteiger partial charge in [-0.1, -0.05) is 11.6 Å². The summed E-state index contributed by atoms with van der Waals surface area (Å²) in [5.74, 6) is 2.38. The molecule has 1 heterocycles. The number of rotatable bonds is 8. The molecule has 0 saturated heterocycles. The van der Waals surface area contributed by atoms with Crippen molar-refractivity contribution in [3.05, 3.63) is 46.5 Å². The fourth-order valence-corrected chi connectivity index (χ4v) is 3.33. The number of ether oxygens (including phenoxy) is 1. The van der Waals surface area contributed by atoms with Gasteiger partial charge in [-0.3, -0.25) is 0 Å². The number of hydrogen-bond donors (Lipinski definition) is 2. The van der Waals surface area contributed by atoms with Crippen molar-refractivity contribution >= 4 is 29.4 Å². The average Bonchev–Trinajstić information content (AvgIpc) is 2.99. The van der Waals surface area contributed by atoms with E-state index in [9.17, 15) is 4.79 Å². The fraction of sp³-hybridized carbons (Fsp3) is 0.412. The highest BCUT2D eigenvalue weighted by Crippen LogP contribution is 2.23. The summed E-state index contributed by atoms with van der Waals surface area (Å²) >= 11 is 7.76. The highest BCUT2D eigenvalue weighted by molar-refractivity contribution is 7.98. The Kier molecular flexibility index (Phi) is 7.46. The van der Waals surface area contributed by atoms with Crippen LogP contribution in [0, 0.1) is 6.92 Å². The molecule has 0 radical (unpaired) electrons. The van der Waals surface area contributed by atoms with Gasteiger partial charge >= 0.3 is 6.03 Å². The van der Waals surface area contributed by atoms with Crippen LogP contribution in [0.1, 0.15) is 17.0 Å². The molecule has 2 amide bonds. The first-order valence-corrected chi connectivity index (χ1v) is 9.42. The Bertz CT molecular complexity index is 708. The van der Waals surface area contributed by atoms with Crippen molar-refractivity contribution in [1.82, 2.24) is 20.2 Å². The van der Waals surface area contributed by atoms with Crippen LogP contribution < -0.4 is 10.1 Å². The van der Waals surface area contributed by atoms with E-state index in [0.29, 0.717) is 23.9 Å². The molecule has 0 aliphatic carbocycles. The number of H-pyrrole nitrogens is 1. The summed E-state index contributed by atoms with van der Waals surface area (Å²) in [6.07, 6.45) is 1.70. The standard InChI is InChI=1S/C17H23ClN4O2S/c1-12-15(21-11-20-12)10-25-7-6-19-17(23)22(2)9-13-8-14(18)4-5-16(13)24-3/h4-5,8,11H,6-7,9-10H2,1-3H3,(H,19,23)(H,20,21). The van der Waals surface area contributed by atoms with Crippen LogP contribution in [-0.4, -0.2) is 47.4 Å². The van der Waals surface area contributed by atoms with Gasteiger partial charge in [0.05, 0.1) is 25.7 Å². The topological polar surface area (TPSA) is 70.2 Å². The summed E-state index contributed by atoms with van der Waals surface area (Å²) in [6, 6.07) is 5.25. The summed E-state index contributed by atoms with van der Waals surface area (Å²) < 4.78 is 5.31. The van der Waals surface area contributed by atoms with E-state index in [2.05, 4.69) is 15.3 Å². The van der Waals surface area contributed by atoms with Crippen molar-refractivity contribution in [1.29, 1.82) is 0 Å². The Morgan fingerprint density at radius 3 is 2.96 bits per heavy atom. The lowest BCUT2D eigenvalue weighted by Crippen LogP contribution is -2.37. The zero-order chi connectivity index (χ0) is 18.2. The number of nitrogens with one attached hydrogen (secondary N) is 2. The van der Waals surface area contributed by atoms with Crippen molar-refractivity contribution in [2.45, 2.75) is 19.2 Å². The molecule has 0 spiro atoms. The maximum Gasteiger partial charge on any atom is 0.317 e. The molecule has 2 N–H and O–H groups in total. The number of thioether (sulfide) groups is 1. The number of urea groups is 1. The second-order valence-corrected chi connectivity index (χ2v) is 7.11. The molecule has 136 valence electrons. The molecule has 0 atom stereocenters. The monoisotopic (exact) mass is 382 g/mol. The second kappa shape index (κ2) is 9.58. The number of aryl methyl sites for hydroxylation is 1. The molecule has 25 heavy (non-hydrogen) atoms. The first kappa shape index (κ1) is 19.5. The minimum absolute atomic E-state index is 0.126. The highest BCUT2D eigenvalue weighted by atomic mass is 35.5. The van der Waals surface area contributed by atoms with E-state index in [1.165, 1.54) is 0 Å². The van der Waals surface area contributed by atoms with Gasteiger partial charge in [-0.25, -0.2) is 9.78 Å². The van der Waals surface area contributed by atoms with E-state index in [0.717, 1.165) is 28.5 Å². The highest BCUT2D eigenvalue weighted by Gasteiger charge is 2.12. The number of aromatic nitrogens is 2. The summed E-state index contributed by atoms with van der Waals surface area (Å²) in [7, 11) is 3.35. The maximum atomic E-state index is 12.2.